The highest BCUT2D eigenvalue weighted by molar-refractivity contribution is 7.21. The van der Waals surface area contributed by atoms with Crippen molar-refractivity contribution in [1.29, 1.82) is 0 Å². The highest BCUT2D eigenvalue weighted by Crippen LogP contribution is 2.30. The number of benzene rings is 2. The van der Waals surface area contributed by atoms with Crippen molar-refractivity contribution in [3.05, 3.63) is 73.1 Å². The first-order chi connectivity index (χ1) is 15.2. The Morgan fingerprint density at radius 1 is 1.00 bits per heavy atom. The molecule has 0 unspecified atom stereocenters. The van der Waals surface area contributed by atoms with E-state index >= 15 is 0 Å². The van der Waals surface area contributed by atoms with Gasteiger partial charge in [0.05, 0.1) is 30.5 Å². The van der Waals surface area contributed by atoms with E-state index in [2.05, 4.69) is 67.8 Å². The summed E-state index contributed by atoms with van der Waals surface area (Å²) in [6.45, 7) is 5.03. The van der Waals surface area contributed by atoms with E-state index in [-0.39, 0.29) is 0 Å². The van der Waals surface area contributed by atoms with Crippen LogP contribution in [0.2, 0.25) is 0 Å². The van der Waals surface area contributed by atoms with Crippen LogP contribution in [-0.4, -0.2) is 20.2 Å². The van der Waals surface area contributed by atoms with Crippen LogP contribution in [0.15, 0.2) is 83.3 Å². The molecule has 0 aliphatic rings. The number of rotatable bonds is 8. The molecule has 0 aliphatic carbocycles. The van der Waals surface area contributed by atoms with E-state index in [9.17, 15) is 0 Å². The molecule has 0 fully saturated rings. The Morgan fingerprint density at radius 2 is 1.77 bits per heavy atom. The van der Waals surface area contributed by atoms with Gasteiger partial charge in [-0.15, -0.1) is 0 Å². The molecule has 0 saturated heterocycles. The van der Waals surface area contributed by atoms with Gasteiger partial charge in [0.2, 0.25) is 0 Å². The number of likely N-dealkylation sites (N-methyl/N-ethyl adjacent to an activating group) is 1. The van der Waals surface area contributed by atoms with Crippen molar-refractivity contribution in [1.82, 2.24) is 0 Å². The lowest BCUT2D eigenvalue weighted by Crippen LogP contribution is -2.40. The number of hydrogen-bond donors (Lipinski definition) is 0. The second-order valence-electron chi connectivity index (χ2n) is 7.19. The van der Waals surface area contributed by atoms with Gasteiger partial charge in [0.15, 0.2) is 18.9 Å². The topological polar surface area (TPSA) is 45.0 Å². The van der Waals surface area contributed by atoms with Crippen LogP contribution in [-0.2, 0) is 13.6 Å². The average molecular weight is 434 g/mol. The van der Waals surface area contributed by atoms with Gasteiger partial charge in [0.25, 0.3) is 0 Å². The van der Waals surface area contributed by atoms with Gasteiger partial charge >= 0.3 is 5.13 Å². The van der Waals surface area contributed by atoms with E-state index in [1.807, 2.05) is 43.4 Å². The van der Waals surface area contributed by atoms with E-state index in [1.165, 1.54) is 5.69 Å². The third-order valence-electron chi connectivity index (χ3n) is 5.27. The van der Waals surface area contributed by atoms with Crippen molar-refractivity contribution >= 4 is 38.1 Å². The molecule has 0 amide bonds. The van der Waals surface area contributed by atoms with Gasteiger partial charge in [-0.3, -0.25) is 0 Å². The normalized spacial score (nSPS) is 11.3. The van der Waals surface area contributed by atoms with E-state index in [0.29, 0.717) is 0 Å². The summed E-state index contributed by atoms with van der Waals surface area (Å²) in [7, 11) is 3.69. The van der Waals surface area contributed by atoms with Crippen molar-refractivity contribution < 1.29 is 13.9 Å². The Hall–Kier alpha value is -3.32. The van der Waals surface area contributed by atoms with Crippen molar-refractivity contribution in [2.75, 3.05) is 25.1 Å². The van der Waals surface area contributed by atoms with Crippen LogP contribution in [0, 0.1) is 0 Å². The second-order valence-corrected chi connectivity index (χ2v) is 8.20. The number of fused-ring (bicyclic) bond motifs is 1. The van der Waals surface area contributed by atoms with E-state index in [1.54, 1.807) is 18.4 Å². The number of pyridine rings is 1. The van der Waals surface area contributed by atoms with Crippen LogP contribution >= 0.6 is 11.3 Å². The minimum absolute atomic E-state index is 0.840. The maximum atomic E-state index is 5.32. The third kappa shape index (κ3) is 4.88. The Bertz CT molecular complexity index is 1170. The molecule has 4 rings (SSSR count). The van der Waals surface area contributed by atoms with E-state index in [4.69, 9.17) is 4.74 Å². The average Bonchev–Trinajstić information content (AvgIpc) is 3.14. The fourth-order valence-electron chi connectivity index (χ4n) is 3.46. The molecule has 0 N–H and O–H groups in total. The van der Waals surface area contributed by atoms with Gasteiger partial charge < -0.3 is 9.64 Å². The molecule has 0 saturated carbocycles. The minimum atomic E-state index is 0.840. The summed E-state index contributed by atoms with van der Waals surface area (Å²) in [5.74, 6) is 0.847. The van der Waals surface area contributed by atoms with Gasteiger partial charge in [-0.05, 0) is 59.8 Å². The first kappa shape index (κ1) is 20.9. The van der Waals surface area contributed by atoms with Crippen molar-refractivity contribution in [2.45, 2.75) is 13.5 Å². The summed E-state index contributed by atoms with van der Waals surface area (Å²) < 4.78 is 10.7. The van der Waals surface area contributed by atoms with Gasteiger partial charge in [-0.25, -0.2) is 9.13 Å². The number of aryl methyl sites for hydroxylation is 1. The quantitative estimate of drug-likeness (QED) is 0.291. The van der Waals surface area contributed by atoms with Crippen LogP contribution in [0.4, 0.5) is 16.5 Å². The zero-order valence-electron chi connectivity index (χ0n) is 18.1. The van der Waals surface area contributed by atoms with Crippen molar-refractivity contribution in [3.63, 3.8) is 0 Å². The smallest absolute Gasteiger partial charge is 0.409 e. The maximum Gasteiger partial charge on any atom is 0.409 e. The lowest BCUT2D eigenvalue weighted by molar-refractivity contribution is -0.694. The first-order valence-corrected chi connectivity index (χ1v) is 11.2. The molecule has 0 bridgehead atoms. The van der Waals surface area contributed by atoms with Gasteiger partial charge in [0, 0.05) is 30.4 Å². The van der Waals surface area contributed by atoms with Crippen LogP contribution in [0.1, 0.15) is 6.92 Å². The molecule has 0 aliphatic heterocycles. The summed E-state index contributed by atoms with van der Waals surface area (Å²) in [5.41, 5.74) is 3.15. The van der Waals surface area contributed by atoms with Gasteiger partial charge in [-0.2, -0.15) is 0 Å². The van der Waals surface area contributed by atoms with Crippen LogP contribution in [0.25, 0.3) is 10.2 Å². The molecule has 7 heteroatoms. The molecule has 2 aromatic heterocycles. The monoisotopic (exact) mass is 433 g/mol. The molecular formula is C24H27N5OS+2. The zero-order chi connectivity index (χ0) is 21.6. The molecule has 4 aromatic rings. The fourth-order valence-corrected chi connectivity index (χ4v) is 4.46. The number of nitrogens with zero attached hydrogens (tertiary/aromatic N) is 5. The highest BCUT2D eigenvalue weighted by Gasteiger charge is 2.16. The molecule has 0 atom stereocenters. The maximum absolute atomic E-state index is 5.32. The van der Waals surface area contributed by atoms with E-state index in [0.717, 1.165) is 46.4 Å². The van der Waals surface area contributed by atoms with Crippen LogP contribution in [0.5, 0.6) is 5.75 Å². The number of azo groups is 1. The number of methoxy groups -OCH3 is 1. The third-order valence-corrected chi connectivity index (χ3v) is 6.35. The van der Waals surface area contributed by atoms with Crippen molar-refractivity contribution in [2.24, 2.45) is 17.3 Å². The fraction of sp³-hybridized carbons (Fsp3) is 0.250. The molecule has 2 aromatic carbocycles. The summed E-state index contributed by atoms with van der Waals surface area (Å²) >= 11 is 1.60. The SMILES string of the molecule is CCN(CC[n+]1ccccc1)c1ccc(/N=N/c2sc3cc(OC)ccc3[n+]2C)cc1. The number of aromatic nitrogens is 2. The predicted molar refractivity (Wildman–Crippen MR) is 125 cm³/mol. The standard InChI is InChI=1S/C24H27N5OS/c1-4-29(17-16-28-14-6-5-7-15-28)20-10-8-19(9-11-20)25-26-24-27(2)22-13-12-21(30-3)18-23(22)31-24/h5-15,18H,4,16-17H2,1-3H3/q+2. The second kappa shape index (κ2) is 9.66. The highest BCUT2D eigenvalue weighted by atomic mass is 32.1. The van der Waals surface area contributed by atoms with Gasteiger partial charge in [0.1, 0.15) is 17.0 Å². The Labute approximate surface area is 186 Å². The van der Waals surface area contributed by atoms with E-state index < -0.39 is 0 Å². The number of thiazole rings is 1. The Balaban J connectivity index is 1.46. The predicted octanol–water partition coefficient (Wildman–Crippen LogP) is 4.96. The molecule has 6 nitrogen and oxygen atoms in total. The molecule has 158 valence electrons. The Kier molecular flexibility index (Phi) is 6.52. The molecule has 0 radical (unpaired) electrons. The van der Waals surface area contributed by atoms with Crippen LogP contribution < -0.4 is 18.8 Å². The first-order valence-electron chi connectivity index (χ1n) is 10.4. The summed E-state index contributed by atoms with van der Waals surface area (Å²) in [6.07, 6.45) is 4.20. The molecule has 0 spiro atoms. The minimum Gasteiger partial charge on any atom is -0.497 e. The summed E-state index contributed by atoms with van der Waals surface area (Å²) in [4.78, 5) is 2.36. The van der Waals surface area contributed by atoms with Crippen molar-refractivity contribution in [3.8, 4) is 5.75 Å². The molecule has 31 heavy (non-hydrogen) atoms. The summed E-state index contributed by atoms with van der Waals surface area (Å²) in [5, 5.41) is 9.79. The lowest BCUT2D eigenvalue weighted by Gasteiger charge is -2.21. The number of anilines is 1. The number of hydrogen-bond acceptors (Lipinski definition) is 5. The largest absolute Gasteiger partial charge is 0.497 e. The zero-order valence-corrected chi connectivity index (χ0v) is 18.9. The Morgan fingerprint density at radius 3 is 2.48 bits per heavy atom. The van der Waals surface area contributed by atoms with Gasteiger partial charge in [-0.1, -0.05) is 6.07 Å². The number of ether oxygens (including phenoxy) is 1. The lowest BCUT2D eigenvalue weighted by atomic mass is 10.2. The van der Waals surface area contributed by atoms with Crippen LogP contribution in [0.3, 0.4) is 0 Å². The molecular weight excluding hydrogens is 406 g/mol. The molecule has 2 heterocycles. The summed E-state index contributed by atoms with van der Waals surface area (Å²) in [6, 6.07) is 20.5.